The minimum atomic E-state index is -1.25. The molecule has 0 heterocycles. The first-order chi connectivity index (χ1) is 7.54. The maximum Gasteiger partial charge on any atom is 0.338 e. The van der Waals surface area contributed by atoms with Crippen molar-refractivity contribution >= 4 is 17.7 Å². The highest BCUT2D eigenvalue weighted by Gasteiger charge is 2.12. The first kappa shape index (κ1) is 13.0. The van der Waals surface area contributed by atoms with Crippen LogP contribution in [0.4, 0.5) is 4.39 Å². The van der Waals surface area contributed by atoms with Crippen molar-refractivity contribution in [3.8, 4) is 0 Å². The van der Waals surface area contributed by atoms with Crippen LogP contribution >= 0.6 is 11.8 Å². The molecule has 0 aliphatic rings. The fourth-order valence-corrected chi connectivity index (χ4v) is 2.24. The molecule has 1 N–H and O–H groups in total. The van der Waals surface area contributed by atoms with Gasteiger partial charge in [-0.3, -0.25) is 0 Å². The highest BCUT2D eigenvalue weighted by molar-refractivity contribution is 8.00. The zero-order valence-corrected chi connectivity index (χ0v) is 9.88. The van der Waals surface area contributed by atoms with E-state index in [0.717, 1.165) is 4.90 Å². The number of thioether (sulfide) groups is 1. The minimum absolute atomic E-state index is 0.192. The lowest BCUT2D eigenvalue weighted by atomic mass is 10.2. The molecule has 1 aromatic carbocycles. The molecule has 0 radical (unpaired) electrons. The highest BCUT2D eigenvalue weighted by atomic mass is 32.2. The molecular formula is C11H13FO3S. The van der Waals surface area contributed by atoms with Crippen LogP contribution in [0.25, 0.3) is 0 Å². The van der Waals surface area contributed by atoms with Gasteiger partial charge in [0.1, 0.15) is 5.82 Å². The zero-order valence-electron chi connectivity index (χ0n) is 9.07. The van der Waals surface area contributed by atoms with Gasteiger partial charge in [-0.25, -0.2) is 9.18 Å². The number of hydrogen-bond donors (Lipinski definition) is 1. The molecule has 16 heavy (non-hydrogen) atoms. The molecule has 1 atom stereocenters. The molecule has 0 aliphatic heterocycles. The molecular weight excluding hydrogens is 231 g/mol. The third-order valence-electron chi connectivity index (χ3n) is 1.91. The van der Waals surface area contributed by atoms with E-state index in [-0.39, 0.29) is 10.8 Å². The summed E-state index contributed by atoms with van der Waals surface area (Å²) in [5, 5.41) is 8.95. The standard InChI is InChI=1S/C11H13FO3S/c1-7(6-15-2)16-8-3-4-10(12)9(5-8)11(13)14/h3-5,7H,6H2,1-2H3,(H,13,14). The van der Waals surface area contributed by atoms with E-state index in [0.29, 0.717) is 6.61 Å². The topological polar surface area (TPSA) is 46.5 Å². The molecule has 1 aromatic rings. The number of methoxy groups -OCH3 is 1. The van der Waals surface area contributed by atoms with Crippen molar-refractivity contribution in [2.24, 2.45) is 0 Å². The van der Waals surface area contributed by atoms with Crippen LogP contribution in [0.2, 0.25) is 0 Å². The number of ether oxygens (including phenoxy) is 1. The van der Waals surface area contributed by atoms with Crippen LogP contribution in [0, 0.1) is 5.82 Å². The summed E-state index contributed by atoms with van der Waals surface area (Å²) in [5.74, 6) is -1.96. The molecule has 0 bridgehead atoms. The van der Waals surface area contributed by atoms with Gasteiger partial charge in [-0.05, 0) is 18.2 Å². The van der Waals surface area contributed by atoms with Gasteiger partial charge in [0.2, 0.25) is 0 Å². The van der Waals surface area contributed by atoms with Crippen LogP contribution in [0.15, 0.2) is 23.1 Å². The Bertz CT molecular complexity index is 381. The van der Waals surface area contributed by atoms with Crippen molar-refractivity contribution in [2.75, 3.05) is 13.7 Å². The van der Waals surface area contributed by atoms with Gasteiger partial charge < -0.3 is 9.84 Å². The normalized spacial score (nSPS) is 12.4. The number of carbonyl (C=O) groups is 1. The average Bonchev–Trinajstić information content (AvgIpc) is 2.21. The molecule has 0 amide bonds. The first-order valence-electron chi connectivity index (χ1n) is 4.73. The van der Waals surface area contributed by atoms with Crippen molar-refractivity contribution in [3.63, 3.8) is 0 Å². The first-order valence-corrected chi connectivity index (χ1v) is 5.61. The fraction of sp³-hybridized carbons (Fsp3) is 0.364. The van der Waals surface area contributed by atoms with Crippen LogP contribution in [0.1, 0.15) is 17.3 Å². The van der Waals surface area contributed by atoms with Gasteiger partial charge in [0.05, 0.1) is 12.2 Å². The second kappa shape index (κ2) is 5.86. The third kappa shape index (κ3) is 3.50. The van der Waals surface area contributed by atoms with Crippen LogP contribution in [-0.4, -0.2) is 30.0 Å². The molecule has 0 fully saturated rings. The second-order valence-electron chi connectivity index (χ2n) is 3.33. The summed E-state index contributed by atoms with van der Waals surface area (Å²) < 4.78 is 18.1. The second-order valence-corrected chi connectivity index (χ2v) is 4.84. The van der Waals surface area contributed by atoms with Gasteiger partial charge in [-0.1, -0.05) is 6.92 Å². The Morgan fingerprint density at radius 1 is 1.62 bits per heavy atom. The van der Waals surface area contributed by atoms with Crippen molar-refractivity contribution in [1.29, 1.82) is 0 Å². The Kier molecular flexibility index (Phi) is 4.76. The van der Waals surface area contributed by atoms with Gasteiger partial charge in [0, 0.05) is 17.3 Å². The number of carboxylic acid groups (broad SMARTS) is 1. The quantitative estimate of drug-likeness (QED) is 0.809. The monoisotopic (exact) mass is 244 g/mol. The van der Waals surface area contributed by atoms with Crippen LogP contribution in [0.5, 0.6) is 0 Å². The number of benzene rings is 1. The van der Waals surface area contributed by atoms with Gasteiger partial charge in [0.25, 0.3) is 0 Å². The summed E-state index contributed by atoms with van der Waals surface area (Å²) >= 11 is 1.45. The van der Waals surface area contributed by atoms with Gasteiger partial charge in [0.15, 0.2) is 0 Å². The minimum Gasteiger partial charge on any atom is -0.478 e. The van der Waals surface area contributed by atoms with E-state index in [1.54, 1.807) is 13.2 Å². The number of hydrogen-bond acceptors (Lipinski definition) is 3. The average molecular weight is 244 g/mol. The number of carboxylic acids is 1. The van der Waals surface area contributed by atoms with E-state index in [1.165, 1.54) is 23.9 Å². The molecule has 0 saturated heterocycles. The van der Waals surface area contributed by atoms with Crippen molar-refractivity contribution in [2.45, 2.75) is 17.1 Å². The maximum absolute atomic E-state index is 13.1. The predicted octanol–water partition coefficient (Wildman–Crippen LogP) is 2.65. The summed E-state index contributed by atoms with van der Waals surface area (Å²) in [6.07, 6.45) is 0. The molecule has 1 rings (SSSR count). The fourth-order valence-electron chi connectivity index (χ4n) is 1.24. The Labute approximate surface area is 97.6 Å². The van der Waals surface area contributed by atoms with Gasteiger partial charge in [-0.15, -0.1) is 11.8 Å². The van der Waals surface area contributed by atoms with Crippen molar-refractivity contribution in [1.82, 2.24) is 0 Å². The lowest BCUT2D eigenvalue weighted by Gasteiger charge is -2.10. The molecule has 0 saturated carbocycles. The Morgan fingerprint density at radius 2 is 2.31 bits per heavy atom. The Balaban J connectivity index is 2.82. The summed E-state index contributed by atoms with van der Waals surface area (Å²) in [4.78, 5) is 11.4. The summed E-state index contributed by atoms with van der Waals surface area (Å²) in [6.45, 7) is 2.52. The van der Waals surface area contributed by atoms with Crippen molar-refractivity contribution < 1.29 is 19.0 Å². The van der Waals surface area contributed by atoms with Crippen LogP contribution < -0.4 is 0 Å². The zero-order chi connectivity index (χ0) is 12.1. The Morgan fingerprint density at radius 3 is 2.88 bits per heavy atom. The molecule has 1 unspecified atom stereocenters. The number of aromatic carboxylic acids is 1. The van der Waals surface area contributed by atoms with Gasteiger partial charge >= 0.3 is 5.97 Å². The molecule has 3 nitrogen and oxygen atoms in total. The van der Waals surface area contributed by atoms with Crippen molar-refractivity contribution in [3.05, 3.63) is 29.6 Å². The largest absolute Gasteiger partial charge is 0.478 e. The van der Waals surface area contributed by atoms with E-state index < -0.39 is 11.8 Å². The smallest absolute Gasteiger partial charge is 0.338 e. The third-order valence-corrected chi connectivity index (χ3v) is 2.97. The van der Waals surface area contributed by atoms with E-state index in [9.17, 15) is 9.18 Å². The number of halogens is 1. The van der Waals surface area contributed by atoms with E-state index >= 15 is 0 Å². The van der Waals surface area contributed by atoms with E-state index in [2.05, 4.69) is 0 Å². The van der Waals surface area contributed by atoms with Crippen LogP contribution in [0.3, 0.4) is 0 Å². The molecule has 5 heteroatoms. The van der Waals surface area contributed by atoms with E-state index in [1.807, 2.05) is 6.92 Å². The van der Waals surface area contributed by atoms with Gasteiger partial charge in [-0.2, -0.15) is 0 Å². The highest BCUT2D eigenvalue weighted by Crippen LogP contribution is 2.25. The van der Waals surface area contributed by atoms with E-state index in [4.69, 9.17) is 9.84 Å². The summed E-state index contributed by atoms with van der Waals surface area (Å²) in [6, 6.07) is 4.08. The number of rotatable bonds is 5. The lowest BCUT2D eigenvalue weighted by Crippen LogP contribution is -2.06. The van der Waals surface area contributed by atoms with Crippen LogP contribution in [-0.2, 0) is 4.74 Å². The summed E-state index contributed by atoms with van der Waals surface area (Å²) in [5.41, 5.74) is -0.297. The molecule has 0 aliphatic carbocycles. The predicted molar refractivity (Wildman–Crippen MR) is 60.6 cm³/mol. The molecule has 0 spiro atoms. The summed E-state index contributed by atoms with van der Waals surface area (Å²) in [7, 11) is 1.60. The Hall–Kier alpha value is -1.07. The lowest BCUT2D eigenvalue weighted by molar-refractivity contribution is 0.0691. The molecule has 0 aromatic heterocycles. The SMILES string of the molecule is COCC(C)Sc1ccc(F)c(C(=O)O)c1. The molecule has 88 valence electrons. The maximum atomic E-state index is 13.1.